The Labute approximate surface area is 182 Å². The van der Waals surface area contributed by atoms with Gasteiger partial charge in [-0.1, -0.05) is 6.92 Å². The van der Waals surface area contributed by atoms with Gasteiger partial charge in [-0.3, -0.25) is 9.08 Å². The Morgan fingerprint density at radius 2 is 1.87 bits per heavy atom. The molecular formula is C23H28N8. The Morgan fingerprint density at radius 1 is 1.00 bits per heavy atom. The molecule has 4 aromatic rings. The Kier molecular flexibility index (Phi) is 5.30. The molecule has 5 heterocycles. The monoisotopic (exact) mass is 416 g/mol. The first-order chi connectivity index (χ1) is 15.2. The molecule has 0 radical (unpaired) electrons. The summed E-state index contributed by atoms with van der Waals surface area (Å²) in [5, 5.41) is 7.94. The summed E-state index contributed by atoms with van der Waals surface area (Å²) < 4.78 is 4.03. The Morgan fingerprint density at radius 3 is 2.65 bits per heavy atom. The zero-order chi connectivity index (χ0) is 21.2. The predicted octanol–water partition coefficient (Wildman–Crippen LogP) is 3.50. The summed E-state index contributed by atoms with van der Waals surface area (Å²) in [7, 11) is 0. The second-order valence-electron chi connectivity index (χ2n) is 7.79. The Bertz CT molecular complexity index is 1170. The molecule has 0 amide bonds. The summed E-state index contributed by atoms with van der Waals surface area (Å²) in [5.41, 5.74) is 4.95. The number of nitrogens with one attached hydrogen (secondary N) is 1. The number of piperazine rings is 1. The summed E-state index contributed by atoms with van der Waals surface area (Å²) in [6, 6.07) is 8.23. The van der Waals surface area contributed by atoms with Crippen molar-refractivity contribution >= 4 is 22.8 Å². The normalized spacial score (nSPS) is 15.0. The molecule has 0 saturated carbocycles. The number of likely N-dealkylation sites (N-methyl/N-ethyl adjacent to an activating group) is 1. The van der Waals surface area contributed by atoms with Crippen molar-refractivity contribution in [1.82, 2.24) is 29.0 Å². The van der Waals surface area contributed by atoms with Crippen LogP contribution in [-0.2, 0) is 6.54 Å². The van der Waals surface area contributed by atoms with Crippen LogP contribution in [0.2, 0.25) is 0 Å². The van der Waals surface area contributed by atoms with Crippen molar-refractivity contribution in [2.24, 2.45) is 0 Å². The molecule has 1 fully saturated rings. The van der Waals surface area contributed by atoms with Crippen molar-refractivity contribution in [2.75, 3.05) is 42.9 Å². The van der Waals surface area contributed by atoms with E-state index in [9.17, 15) is 0 Å². The number of hydrogen-bond donors (Lipinski definition) is 1. The van der Waals surface area contributed by atoms with Crippen LogP contribution in [0, 0.1) is 0 Å². The largest absolute Gasteiger partial charge is 0.354 e. The molecule has 8 heteroatoms. The second kappa shape index (κ2) is 8.39. The van der Waals surface area contributed by atoms with Crippen LogP contribution in [0.4, 0.5) is 17.2 Å². The third-order valence-corrected chi connectivity index (χ3v) is 5.96. The van der Waals surface area contributed by atoms with E-state index in [1.165, 1.54) is 0 Å². The molecule has 0 spiro atoms. The lowest BCUT2D eigenvalue weighted by molar-refractivity contribution is 0.270. The number of aromatic nitrogens is 5. The minimum Gasteiger partial charge on any atom is -0.354 e. The molecule has 0 bridgehead atoms. The van der Waals surface area contributed by atoms with Gasteiger partial charge in [0.05, 0.1) is 23.8 Å². The van der Waals surface area contributed by atoms with Gasteiger partial charge < -0.3 is 15.1 Å². The first kappa shape index (κ1) is 19.6. The van der Waals surface area contributed by atoms with Crippen LogP contribution < -0.4 is 10.2 Å². The van der Waals surface area contributed by atoms with Crippen molar-refractivity contribution in [2.45, 2.75) is 20.4 Å². The molecule has 5 rings (SSSR count). The lowest BCUT2D eigenvalue weighted by Gasteiger charge is -2.34. The van der Waals surface area contributed by atoms with Gasteiger partial charge in [-0.25, -0.2) is 9.97 Å². The smallest absolute Gasteiger partial charge is 0.161 e. The van der Waals surface area contributed by atoms with Crippen molar-refractivity contribution in [3.63, 3.8) is 0 Å². The maximum atomic E-state index is 4.69. The van der Waals surface area contributed by atoms with Crippen molar-refractivity contribution in [3.8, 4) is 11.3 Å². The highest BCUT2D eigenvalue weighted by atomic mass is 15.3. The van der Waals surface area contributed by atoms with Gasteiger partial charge >= 0.3 is 0 Å². The molecule has 0 unspecified atom stereocenters. The summed E-state index contributed by atoms with van der Waals surface area (Å²) in [5.74, 6) is 1.02. The Hall–Kier alpha value is -3.39. The second-order valence-corrected chi connectivity index (χ2v) is 7.79. The first-order valence-corrected chi connectivity index (χ1v) is 10.9. The highest BCUT2D eigenvalue weighted by molar-refractivity contribution is 5.77. The lowest BCUT2D eigenvalue weighted by Crippen LogP contribution is -2.46. The fourth-order valence-electron chi connectivity index (χ4n) is 4.11. The van der Waals surface area contributed by atoms with Crippen LogP contribution >= 0.6 is 0 Å². The summed E-state index contributed by atoms with van der Waals surface area (Å²) >= 11 is 0. The van der Waals surface area contributed by atoms with Crippen molar-refractivity contribution < 1.29 is 0 Å². The predicted molar refractivity (Wildman–Crippen MR) is 124 cm³/mol. The van der Waals surface area contributed by atoms with Gasteiger partial charge in [-0.2, -0.15) is 5.10 Å². The van der Waals surface area contributed by atoms with E-state index in [1.54, 1.807) is 0 Å². The van der Waals surface area contributed by atoms with Crippen LogP contribution in [-0.4, -0.2) is 61.8 Å². The fraction of sp³-hybridized carbons (Fsp3) is 0.348. The van der Waals surface area contributed by atoms with E-state index in [2.05, 4.69) is 66.8 Å². The number of imidazole rings is 1. The van der Waals surface area contributed by atoms with Crippen LogP contribution in [0.1, 0.15) is 13.8 Å². The molecule has 160 valence electrons. The molecule has 1 aliphatic rings. The average Bonchev–Trinajstić information content (AvgIpc) is 3.47. The maximum absolute atomic E-state index is 4.69. The van der Waals surface area contributed by atoms with Gasteiger partial charge in [0.2, 0.25) is 0 Å². The van der Waals surface area contributed by atoms with E-state index in [-0.39, 0.29) is 0 Å². The highest BCUT2D eigenvalue weighted by Crippen LogP contribution is 2.27. The number of fused-ring (bicyclic) bond motifs is 1. The molecule has 1 saturated heterocycles. The number of rotatable bonds is 6. The molecule has 1 N–H and O–H groups in total. The number of aryl methyl sites for hydroxylation is 1. The molecule has 4 aromatic heterocycles. The Balaban J connectivity index is 1.40. The van der Waals surface area contributed by atoms with E-state index in [4.69, 9.17) is 0 Å². The minimum atomic E-state index is 0.849. The van der Waals surface area contributed by atoms with Crippen LogP contribution in [0.15, 0.2) is 55.2 Å². The van der Waals surface area contributed by atoms with Crippen molar-refractivity contribution in [3.05, 3.63) is 55.2 Å². The standard InChI is InChI=1S/C23H28N8/c1-3-28-10-12-29(13-11-28)22-14-19(7-8-24-22)27-20-6-5-9-31-21(16-25-23(20)31)18-15-26-30(4-2)17-18/h5-9,14-17H,3-4,10-13H2,1-2H3,(H,24,27). The topological polar surface area (TPSA) is 66.5 Å². The quantitative estimate of drug-likeness (QED) is 0.519. The summed E-state index contributed by atoms with van der Waals surface area (Å²) in [6.07, 6.45) is 9.76. The van der Waals surface area contributed by atoms with Crippen LogP contribution in [0.25, 0.3) is 16.9 Å². The molecule has 0 aliphatic carbocycles. The van der Waals surface area contributed by atoms with Gasteiger partial charge in [0.15, 0.2) is 5.65 Å². The molecule has 1 aliphatic heterocycles. The zero-order valence-electron chi connectivity index (χ0n) is 18.1. The molecule has 31 heavy (non-hydrogen) atoms. The van der Waals surface area contributed by atoms with Gasteiger partial charge in [0, 0.05) is 68.6 Å². The van der Waals surface area contributed by atoms with Crippen LogP contribution in [0.5, 0.6) is 0 Å². The van der Waals surface area contributed by atoms with Gasteiger partial charge in [0.1, 0.15) is 5.82 Å². The number of pyridine rings is 2. The van der Waals surface area contributed by atoms with E-state index >= 15 is 0 Å². The van der Waals surface area contributed by atoms with Gasteiger partial charge in [0.25, 0.3) is 0 Å². The third-order valence-electron chi connectivity index (χ3n) is 5.96. The van der Waals surface area contributed by atoms with E-state index < -0.39 is 0 Å². The van der Waals surface area contributed by atoms with E-state index in [1.807, 2.05) is 41.6 Å². The van der Waals surface area contributed by atoms with E-state index in [0.29, 0.717) is 0 Å². The van der Waals surface area contributed by atoms with Crippen molar-refractivity contribution in [1.29, 1.82) is 0 Å². The van der Waals surface area contributed by atoms with Gasteiger partial charge in [-0.15, -0.1) is 0 Å². The molecule has 0 aromatic carbocycles. The third kappa shape index (κ3) is 3.86. The molecular weight excluding hydrogens is 388 g/mol. The average molecular weight is 417 g/mol. The lowest BCUT2D eigenvalue weighted by atomic mass is 10.2. The number of nitrogens with zero attached hydrogens (tertiary/aromatic N) is 7. The first-order valence-electron chi connectivity index (χ1n) is 10.9. The fourth-order valence-corrected chi connectivity index (χ4v) is 4.11. The highest BCUT2D eigenvalue weighted by Gasteiger charge is 2.17. The number of anilines is 3. The summed E-state index contributed by atoms with van der Waals surface area (Å²) in [6.45, 7) is 10.4. The van der Waals surface area contributed by atoms with E-state index in [0.717, 1.165) is 73.4 Å². The minimum absolute atomic E-state index is 0.849. The maximum Gasteiger partial charge on any atom is 0.161 e. The van der Waals surface area contributed by atoms with Gasteiger partial charge in [-0.05, 0) is 31.7 Å². The molecule has 0 atom stereocenters. The van der Waals surface area contributed by atoms with Crippen LogP contribution in [0.3, 0.4) is 0 Å². The zero-order valence-corrected chi connectivity index (χ0v) is 18.1. The SMILES string of the molecule is CCN1CCN(c2cc(Nc3cccn4c(-c5cnn(CC)c5)cnc34)ccn2)CC1. The number of hydrogen-bond acceptors (Lipinski definition) is 6. The summed E-state index contributed by atoms with van der Waals surface area (Å²) in [4.78, 5) is 14.1. The molecule has 8 nitrogen and oxygen atoms in total.